The van der Waals surface area contributed by atoms with E-state index in [2.05, 4.69) is 4.98 Å². The number of hydrogen-bond acceptors (Lipinski definition) is 1. The van der Waals surface area contributed by atoms with E-state index in [0.29, 0.717) is 5.69 Å². The summed E-state index contributed by atoms with van der Waals surface area (Å²) in [4.78, 5) is 3.98. The molecule has 0 aliphatic heterocycles. The Bertz CT molecular complexity index is 437. The van der Waals surface area contributed by atoms with Crippen molar-refractivity contribution in [3.8, 4) is 11.1 Å². The number of halogens is 1. The van der Waals surface area contributed by atoms with Gasteiger partial charge in [-0.1, -0.05) is 30.3 Å². The van der Waals surface area contributed by atoms with Gasteiger partial charge in [-0.3, -0.25) is 4.98 Å². The quantitative estimate of drug-likeness (QED) is 0.668. The van der Waals surface area contributed by atoms with Crippen LogP contribution in [0.2, 0.25) is 0 Å². The summed E-state index contributed by atoms with van der Waals surface area (Å²) in [7, 11) is 0. The van der Waals surface area contributed by atoms with Crippen molar-refractivity contribution in [3.05, 3.63) is 54.1 Å². The van der Waals surface area contributed by atoms with Gasteiger partial charge >= 0.3 is 0 Å². The van der Waals surface area contributed by atoms with Crippen LogP contribution in [-0.2, 0) is 0 Å². The first-order chi connectivity index (χ1) is 6.77. The monoisotopic (exact) mass is 187 g/mol. The van der Waals surface area contributed by atoms with Crippen LogP contribution in [0.25, 0.3) is 11.1 Å². The molecule has 70 valence electrons. The first-order valence-corrected chi connectivity index (χ1v) is 4.45. The van der Waals surface area contributed by atoms with E-state index in [-0.39, 0.29) is 5.82 Å². The Morgan fingerprint density at radius 1 is 1.07 bits per heavy atom. The van der Waals surface area contributed by atoms with Crippen molar-refractivity contribution in [1.29, 1.82) is 0 Å². The van der Waals surface area contributed by atoms with Crippen molar-refractivity contribution in [2.75, 3.05) is 0 Å². The molecule has 0 N–H and O–H groups in total. The van der Waals surface area contributed by atoms with Crippen LogP contribution in [0, 0.1) is 12.7 Å². The third-order valence-electron chi connectivity index (χ3n) is 2.13. The summed E-state index contributed by atoms with van der Waals surface area (Å²) in [5.74, 6) is -0.258. The maximum absolute atomic E-state index is 13.2. The smallest absolute Gasteiger partial charge is 0.145 e. The Kier molecular flexibility index (Phi) is 2.27. The maximum Gasteiger partial charge on any atom is 0.145 e. The lowest BCUT2D eigenvalue weighted by molar-refractivity contribution is 0.610. The molecule has 0 amide bonds. The van der Waals surface area contributed by atoms with Crippen molar-refractivity contribution in [2.24, 2.45) is 0 Å². The molecule has 0 bridgehead atoms. The van der Waals surface area contributed by atoms with Crippen LogP contribution >= 0.6 is 0 Å². The molecule has 0 saturated carbocycles. The molecular formula is C12H10FN. The Morgan fingerprint density at radius 3 is 2.43 bits per heavy atom. The molecule has 2 aromatic rings. The van der Waals surface area contributed by atoms with Gasteiger partial charge in [-0.2, -0.15) is 0 Å². The number of benzene rings is 1. The molecular weight excluding hydrogens is 177 g/mol. The summed E-state index contributed by atoms with van der Waals surface area (Å²) in [5.41, 5.74) is 2.23. The van der Waals surface area contributed by atoms with Gasteiger partial charge in [-0.05, 0) is 18.6 Å². The highest BCUT2D eigenvalue weighted by Gasteiger charge is 2.01. The minimum Gasteiger partial charge on any atom is -0.258 e. The predicted octanol–water partition coefficient (Wildman–Crippen LogP) is 3.20. The lowest BCUT2D eigenvalue weighted by atomic mass is 10.1. The Balaban J connectivity index is 2.48. The predicted molar refractivity (Wildman–Crippen MR) is 54.4 cm³/mol. The molecule has 0 spiro atoms. The molecule has 2 heteroatoms. The highest BCUT2D eigenvalue weighted by molar-refractivity contribution is 5.62. The zero-order valence-electron chi connectivity index (χ0n) is 7.87. The fourth-order valence-corrected chi connectivity index (χ4v) is 1.29. The average Bonchev–Trinajstić information content (AvgIpc) is 2.23. The van der Waals surface area contributed by atoms with Crippen molar-refractivity contribution >= 4 is 0 Å². The lowest BCUT2D eigenvalue weighted by Crippen LogP contribution is -1.88. The first kappa shape index (κ1) is 8.88. The molecule has 1 aromatic carbocycles. The van der Waals surface area contributed by atoms with Gasteiger partial charge in [-0.25, -0.2) is 4.39 Å². The zero-order chi connectivity index (χ0) is 9.97. The van der Waals surface area contributed by atoms with E-state index in [1.165, 1.54) is 6.07 Å². The lowest BCUT2D eigenvalue weighted by Gasteiger charge is -2.01. The molecule has 1 nitrogen and oxygen atoms in total. The number of aryl methyl sites for hydroxylation is 1. The number of pyridine rings is 1. The van der Waals surface area contributed by atoms with Crippen LogP contribution < -0.4 is 0 Å². The maximum atomic E-state index is 13.2. The molecule has 0 radical (unpaired) electrons. The van der Waals surface area contributed by atoms with Crippen LogP contribution in [0.3, 0.4) is 0 Å². The second-order valence-corrected chi connectivity index (χ2v) is 3.16. The molecule has 0 unspecified atom stereocenters. The summed E-state index contributed by atoms with van der Waals surface area (Å²) < 4.78 is 13.2. The Hall–Kier alpha value is -1.70. The van der Waals surface area contributed by atoms with E-state index in [1.807, 2.05) is 30.3 Å². The molecule has 0 aliphatic carbocycles. The summed E-state index contributed by atoms with van der Waals surface area (Å²) in [6, 6.07) is 11.2. The van der Waals surface area contributed by atoms with Crippen LogP contribution in [0.1, 0.15) is 5.69 Å². The van der Waals surface area contributed by atoms with Gasteiger partial charge in [-0.15, -0.1) is 0 Å². The summed E-state index contributed by atoms with van der Waals surface area (Å²) in [5, 5.41) is 0. The van der Waals surface area contributed by atoms with Crippen molar-refractivity contribution < 1.29 is 4.39 Å². The van der Waals surface area contributed by atoms with E-state index in [1.54, 1.807) is 13.1 Å². The normalized spacial score (nSPS) is 10.1. The van der Waals surface area contributed by atoms with Gasteiger partial charge in [0.2, 0.25) is 0 Å². The summed E-state index contributed by atoms with van der Waals surface area (Å²) >= 11 is 0. The van der Waals surface area contributed by atoms with Crippen LogP contribution in [-0.4, -0.2) is 4.98 Å². The SMILES string of the molecule is Cc1ncc(-c2ccccc2)cc1F. The second kappa shape index (κ2) is 3.58. The van der Waals surface area contributed by atoms with Gasteiger partial charge in [0.05, 0.1) is 5.69 Å². The van der Waals surface area contributed by atoms with E-state index < -0.39 is 0 Å². The fourth-order valence-electron chi connectivity index (χ4n) is 1.29. The molecule has 2 rings (SSSR count). The largest absolute Gasteiger partial charge is 0.258 e. The number of aromatic nitrogens is 1. The highest BCUT2D eigenvalue weighted by atomic mass is 19.1. The van der Waals surface area contributed by atoms with Gasteiger partial charge in [0.1, 0.15) is 5.82 Å². The van der Waals surface area contributed by atoms with Crippen LogP contribution in [0.15, 0.2) is 42.6 Å². The van der Waals surface area contributed by atoms with Crippen molar-refractivity contribution in [3.63, 3.8) is 0 Å². The molecule has 1 aromatic heterocycles. The average molecular weight is 187 g/mol. The number of hydrogen-bond donors (Lipinski definition) is 0. The topological polar surface area (TPSA) is 12.9 Å². The van der Waals surface area contributed by atoms with Gasteiger partial charge in [0.25, 0.3) is 0 Å². The van der Waals surface area contributed by atoms with E-state index >= 15 is 0 Å². The molecule has 0 saturated heterocycles. The second-order valence-electron chi connectivity index (χ2n) is 3.16. The minimum atomic E-state index is -0.258. The van der Waals surface area contributed by atoms with Gasteiger partial charge in [0.15, 0.2) is 0 Å². The van der Waals surface area contributed by atoms with E-state index in [4.69, 9.17) is 0 Å². The third kappa shape index (κ3) is 1.64. The van der Waals surface area contributed by atoms with Crippen LogP contribution in [0.5, 0.6) is 0 Å². The standard InChI is InChI=1S/C12H10FN/c1-9-12(13)7-11(8-14-9)10-5-3-2-4-6-10/h2-8H,1H3. The number of nitrogens with zero attached hydrogens (tertiary/aromatic N) is 1. The van der Waals surface area contributed by atoms with Gasteiger partial charge < -0.3 is 0 Å². The molecule has 0 aliphatic rings. The highest BCUT2D eigenvalue weighted by Crippen LogP contribution is 2.19. The van der Waals surface area contributed by atoms with E-state index in [9.17, 15) is 4.39 Å². The minimum absolute atomic E-state index is 0.258. The zero-order valence-corrected chi connectivity index (χ0v) is 7.87. The summed E-state index contributed by atoms with van der Waals surface area (Å²) in [6.45, 7) is 1.66. The third-order valence-corrected chi connectivity index (χ3v) is 2.13. The van der Waals surface area contributed by atoms with Crippen molar-refractivity contribution in [2.45, 2.75) is 6.92 Å². The number of rotatable bonds is 1. The molecule has 14 heavy (non-hydrogen) atoms. The molecule has 0 fully saturated rings. The first-order valence-electron chi connectivity index (χ1n) is 4.45. The molecule has 0 atom stereocenters. The summed E-state index contributed by atoms with van der Waals surface area (Å²) in [6.07, 6.45) is 1.69. The molecule has 1 heterocycles. The van der Waals surface area contributed by atoms with Crippen molar-refractivity contribution in [1.82, 2.24) is 4.98 Å². The van der Waals surface area contributed by atoms with Gasteiger partial charge in [0, 0.05) is 11.8 Å². The Morgan fingerprint density at radius 2 is 1.79 bits per heavy atom. The van der Waals surface area contributed by atoms with E-state index in [0.717, 1.165) is 11.1 Å². The Labute approximate surface area is 82.2 Å². The fraction of sp³-hybridized carbons (Fsp3) is 0.0833. The van der Waals surface area contributed by atoms with Crippen LogP contribution in [0.4, 0.5) is 4.39 Å².